The molecule has 1 saturated heterocycles. The lowest BCUT2D eigenvalue weighted by Crippen LogP contribution is -2.51. The van der Waals surface area contributed by atoms with Crippen LogP contribution >= 0.6 is 0 Å². The largest absolute Gasteiger partial charge is 0.340 e. The number of imidazole rings is 1. The van der Waals surface area contributed by atoms with Gasteiger partial charge in [0.15, 0.2) is 0 Å². The van der Waals surface area contributed by atoms with Gasteiger partial charge in [-0.05, 0) is 19.8 Å². The van der Waals surface area contributed by atoms with Gasteiger partial charge in [0.2, 0.25) is 5.91 Å². The van der Waals surface area contributed by atoms with Gasteiger partial charge in [-0.1, -0.05) is 19.3 Å². The van der Waals surface area contributed by atoms with Crippen molar-refractivity contribution in [1.82, 2.24) is 19.4 Å². The Hall–Kier alpha value is -1.36. The predicted octanol–water partition coefficient (Wildman–Crippen LogP) is 1.92. The normalized spacial score (nSPS) is 21.2. The van der Waals surface area contributed by atoms with Crippen molar-refractivity contribution in [3.05, 3.63) is 18.2 Å². The van der Waals surface area contributed by atoms with Crippen LogP contribution < -0.4 is 0 Å². The SMILES string of the molecule is Cc1nccn1CCN1CCN(C(=O)C2CCCCC2)CC1. The molecule has 0 bridgehead atoms. The second kappa shape index (κ2) is 7.27. The van der Waals surface area contributed by atoms with Crippen LogP contribution in [0.5, 0.6) is 0 Å². The molecule has 1 aliphatic heterocycles. The first-order valence-electron chi connectivity index (χ1n) is 8.73. The average molecular weight is 304 g/mol. The van der Waals surface area contributed by atoms with Gasteiger partial charge < -0.3 is 9.47 Å². The zero-order chi connectivity index (χ0) is 15.4. The van der Waals surface area contributed by atoms with E-state index in [-0.39, 0.29) is 0 Å². The Labute approximate surface area is 133 Å². The molecule has 2 fully saturated rings. The summed E-state index contributed by atoms with van der Waals surface area (Å²) in [6.45, 7) is 7.89. The fourth-order valence-corrected chi connectivity index (χ4v) is 3.69. The molecule has 1 amide bonds. The highest BCUT2D eigenvalue weighted by molar-refractivity contribution is 5.79. The number of carbonyl (C=O) groups excluding carboxylic acids is 1. The summed E-state index contributed by atoms with van der Waals surface area (Å²) >= 11 is 0. The lowest BCUT2D eigenvalue weighted by Gasteiger charge is -2.37. The maximum atomic E-state index is 12.5. The van der Waals surface area contributed by atoms with Crippen molar-refractivity contribution in [2.24, 2.45) is 5.92 Å². The molecule has 0 N–H and O–H groups in total. The molecule has 1 aromatic heterocycles. The molecule has 0 atom stereocenters. The number of rotatable bonds is 4. The molecular weight excluding hydrogens is 276 g/mol. The molecule has 5 heteroatoms. The second-order valence-electron chi connectivity index (χ2n) is 6.67. The van der Waals surface area contributed by atoms with E-state index in [4.69, 9.17) is 0 Å². The van der Waals surface area contributed by atoms with Crippen LogP contribution in [0.2, 0.25) is 0 Å². The van der Waals surface area contributed by atoms with Crippen LogP contribution in [-0.2, 0) is 11.3 Å². The maximum absolute atomic E-state index is 12.5. The minimum absolute atomic E-state index is 0.314. The Morgan fingerprint density at radius 2 is 1.86 bits per heavy atom. The van der Waals surface area contributed by atoms with Gasteiger partial charge in [-0.2, -0.15) is 0 Å². The summed E-state index contributed by atoms with van der Waals surface area (Å²) in [7, 11) is 0. The second-order valence-corrected chi connectivity index (χ2v) is 6.67. The lowest BCUT2D eigenvalue weighted by atomic mass is 9.88. The van der Waals surface area contributed by atoms with Crippen LogP contribution in [0.25, 0.3) is 0 Å². The first-order chi connectivity index (χ1) is 10.7. The number of aryl methyl sites for hydroxylation is 1. The van der Waals surface area contributed by atoms with E-state index in [9.17, 15) is 4.79 Å². The van der Waals surface area contributed by atoms with Crippen LogP contribution in [0.15, 0.2) is 12.4 Å². The molecule has 0 aromatic carbocycles. The van der Waals surface area contributed by atoms with Crippen molar-refractivity contribution in [3.63, 3.8) is 0 Å². The summed E-state index contributed by atoms with van der Waals surface area (Å²) in [5.41, 5.74) is 0. The van der Waals surface area contributed by atoms with Gasteiger partial charge >= 0.3 is 0 Å². The van der Waals surface area contributed by atoms with Gasteiger partial charge in [0.25, 0.3) is 0 Å². The van der Waals surface area contributed by atoms with Crippen LogP contribution in [0.4, 0.5) is 0 Å². The Morgan fingerprint density at radius 3 is 2.50 bits per heavy atom. The fraction of sp³-hybridized carbons (Fsp3) is 0.765. The van der Waals surface area contributed by atoms with E-state index in [1.54, 1.807) is 0 Å². The Kier molecular flexibility index (Phi) is 5.13. The van der Waals surface area contributed by atoms with Gasteiger partial charge in [0.05, 0.1) is 0 Å². The van der Waals surface area contributed by atoms with Crippen molar-refractivity contribution in [2.75, 3.05) is 32.7 Å². The molecule has 122 valence electrons. The summed E-state index contributed by atoms with van der Waals surface area (Å²) in [6, 6.07) is 0. The van der Waals surface area contributed by atoms with E-state index in [0.29, 0.717) is 11.8 Å². The van der Waals surface area contributed by atoms with E-state index in [1.807, 2.05) is 19.3 Å². The molecule has 0 radical (unpaired) electrons. The van der Waals surface area contributed by atoms with Gasteiger partial charge in [0, 0.05) is 57.6 Å². The molecule has 22 heavy (non-hydrogen) atoms. The highest BCUT2D eigenvalue weighted by atomic mass is 16.2. The van der Waals surface area contributed by atoms with E-state index in [2.05, 4.69) is 19.4 Å². The zero-order valence-corrected chi connectivity index (χ0v) is 13.7. The van der Waals surface area contributed by atoms with E-state index in [0.717, 1.165) is 57.9 Å². The first kappa shape index (κ1) is 15.5. The molecule has 1 aliphatic carbocycles. The summed E-state index contributed by atoms with van der Waals surface area (Å²) < 4.78 is 2.19. The standard InChI is InChI=1S/C17H28N4O/c1-15-18-7-8-20(15)12-9-19-10-13-21(14-11-19)17(22)16-5-3-2-4-6-16/h7-8,16H,2-6,9-14H2,1H3. The number of piperazine rings is 1. The Balaban J connectivity index is 1.42. The van der Waals surface area contributed by atoms with Crippen LogP contribution in [-0.4, -0.2) is 58.0 Å². The molecule has 2 aliphatic rings. The smallest absolute Gasteiger partial charge is 0.225 e. The van der Waals surface area contributed by atoms with Crippen molar-refractivity contribution in [1.29, 1.82) is 0 Å². The van der Waals surface area contributed by atoms with E-state index in [1.165, 1.54) is 19.3 Å². The molecule has 3 rings (SSSR count). The molecule has 1 saturated carbocycles. The molecule has 2 heterocycles. The van der Waals surface area contributed by atoms with Crippen LogP contribution in [0.3, 0.4) is 0 Å². The topological polar surface area (TPSA) is 41.4 Å². The monoisotopic (exact) mass is 304 g/mol. The molecule has 5 nitrogen and oxygen atoms in total. The number of aromatic nitrogens is 2. The van der Waals surface area contributed by atoms with Gasteiger partial charge in [-0.15, -0.1) is 0 Å². The fourth-order valence-electron chi connectivity index (χ4n) is 3.69. The van der Waals surface area contributed by atoms with Crippen LogP contribution in [0, 0.1) is 12.8 Å². The Morgan fingerprint density at radius 1 is 1.14 bits per heavy atom. The highest BCUT2D eigenvalue weighted by Gasteiger charge is 2.28. The van der Waals surface area contributed by atoms with Crippen molar-refractivity contribution >= 4 is 5.91 Å². The maximum Gasteiger partial charge on any atom is 0.225 e. The predicted molar refractivity (Wildman–Crippen MR) is 86.6 cm³/mol. The molecule has 1 aromatic rings. The minimum atomic E-state index is 0.314. The summed E-state index contributed by atoms with van der Waals surface area (Å²) in [6.07, 6.45) is 9.90. The van der Waals surface area contributed by atoms with Gasteiger partial charge in [-0.3, -0.25) is 9.69 Å². The van der Waals surface area contributed by atoms with Gasteiger partial charge in [0.1, 0.15) is 5.82 Å². The van der Waals surface area contributed by atoms with Crippen molar-refractivity contribution in [2.45, 2.75) is 45.6 Å². The average Bonchev–Trinajstić information content (AvgIpc) is 2.99. The third-order valence-corrected chi connectivity index (χ3v) is 5.22. The number of hydrogen-bond acceptors (Lipinski definition) is 3. The molecule has 0 spiro atoms. The van der Waals surface area contributed by atoms with Crippen LogP contribution in [0.1, 0.15) is 37.9 Å². The van der Waals surface area contributed by atoms with Gasteiger partial charge in [-0.25, -0.2) is 4.98 Å². The number of carbonyl (C=O) groups is 1. The van der Waals surface area contributed by atoms with E-state index >= 15 is 0 Å². The Bertz CT molecular complexity index is 485. The van der Waals surface area contributed by atoms with Crippen molar-refractivity contribution in [3.8, 4) is 0 Å². The number of hydrogen-bond donors (Lipinski definition) is 0. The summed E-state index contributed by atoms with van der Waals surface area (Å²) in [4.78, 5) is 21.4. The summed E-state index contributed by atoms with van der Waals surface area (Å²) in [5.74, 6) is 1.81. The quantitative estimate of drug-likeness (QED) is 0.853. The number of amides is 1. The highest BCUT2D eigenvalue weighted by Crippen LogP contribution is 2.25. The summed E-state index contributed by atoms with van der Waals surface area (Å²) in [5, 5.41) is 0. The molecule has 0 unspecified atom stereocenters. The van der Waals surface area contributed by atoms with E-state index < -0.39 is 0 Å². The number of nitrogens with zero attached hydrogens (tertiary/aromatic N) is 4. The third-order valence-electron chi connectivity index (χ3n) is 5.22. The lowest BCUT2D eigenvalue weighted by molar-refractivity contribution is -0.138. The first-order valence-corrected chi connectivity index (χ1v) is 8.73. The zero-order valence-electron chi connectivity index (χ0n) is 13.7. The van der Waals surface area contributed by atoms with Crippen molar-refractivity contribution < 1.29 is 4.79 Å². The minimum Gasteiger partial charge on any atom is -0.340 e. The molecular formula is C17H28N4O. The third kappa shape index (κ3) is 3.69.